The van der Waals surface area contributed by atoms with Crippen LogP contribution >= 0.6 is 15.9 Å². The summed E-state index contributed by atoms with van der Waals surface area (Å²) in [5.41, 5.74) is -0.550. The Morgan fingerprint density at radius 3 is 2.02 bits per heavy atom. The van der Waals surface area contributed by atoms with Gasteiger partial charge in [0.05, 0.1) is 6.61 Å². The summed E-state index contributed by atoms with van der Waals surface area (Å²) >= 11 is 3.57. The standard InChI is InChI=1S/C34H47BrF6O4/c1-19(17-35)20-9-14-32(18-44-26(42)33(36,37)38)16-15-30(5)21(25(20)32)7-8-23-29(4)12-11-24(45-27(43)34(39,40)41)28(2,3)22(29)10-13-31(23,30)6/h20-25H,1,7-18H2,2-6H3/t20-,21?,22?,23?,24-,25?,29-,30+,31+,32+/m0/s1. The molecule has 5 saturated carbocycles. The lowest BCUT2D eigenvalue weighted by atomic mass is 9.32. The number of fused-ring (bicyclic) bond motifs is 7. The first-order valence-electron chi connectivity index (χ1n) is 16.3. The van der Waals surface area contributed by atoms with Crippen LogP contribution in [-0.2, 0) is 19.1 Å². The summed E-state index contributed by atoms with van der Waals surface area (Å²) in [6.07, 6.45) is -3.39. The van der Waals surface area contributed by atoms with Crippen LogP contribution in [0.3, 0.4) is 0 Å². The largest absolute Gasteiger partial charge is 0.490 e. The number of esters is 2. The molecule has 0 aliphatic heterocycles. The van der Waals surface area contributed by atoms with Crippen LogP contribution < -0.4 is 0 Å². The lowest BCUT2D eigenvalue weighted by molar-refractivity contribution is -0.258. The number of carbonyl (C=O) groups is 2. The third-order valence-corrected chi connectivity index (χ3v) is 15.2. The Kier molecular flexibility index (Phi) is 8.68. The number of rotatable bonds is 5. The minimum atomic E-state index is -5.04. The van der Waals surface area contributed by atoms with Crippen molar-refractivity contribution in [1.29, 1.82) is 0 Å². The zero-order chi connectivity index (χ0) is 33.6. The van der Waals surface area contributed by atoms with Crippen molar-refractivity contribution < 1.29 is 45.4 Å². The number of halogens is 7. The van der Waals surface area contributed by atoms with E-state index < -0.39 is 41.2 Å². The van der Waals surface area contributed by atoms with E-state index in [0.717, 1.165) is 44.1 Å². The maximum atomic E-state index is 13.2. The summed E-state index contributed by atoms with van der Waals surface area (Å²) in [5.74, 6) is -3.54. The highest BCUT2D eigenvalue weighted by atomic mass is 79.9. The molecule has 4 unspecified atom stereocenters. The maximum absolute atomic E-state index is 13.2. The summed E-state index contributed by atoms with van der Waals surface area (Å²) in [4.78, 5) is 23.7. The highest BCUT2D eigenvalue weighted by molar-refractivity contribution is 9.09. The van der Waals surface area contributed by atoms with Gasteiger partial charge in [0.2, 0.25) is 0 Å². The van der Waals surface area contributed by atoms with Crippen LogP contribution in [0.2, 0.25) is 0 Å². The van der Waals surface area contributed by atoms with Crippen LogP contribution in [-0.4, -0.2) is 42.3 Å². The van der Waals surface area contributed by atoms with Gasteiger partial charge in [0.15, 0.2) is 0 Å². The third-order valence-electron chi connectivity index (χ3n) is 14.4. The first kappa shape index (κ1) is 35.1. The highest BCUT2D eigenvalue weighted by Gasteiger charge is 2.71. The van der Waals surface area contributed by atoms with Crippen LogP contribution in [0, 0.1) is 56.7 Å². The molecule has 0 aromatic heterocycles. The molecule has 0 radical (unpaired) electrons. The van der Waals surface area contributed by atoms with E-state index in [4.69, 9.17) is 9.47 Å². The van der Waals surface area contributed by atoms with Gasteiger partial charge in [-0.1, -0.05) is 62.7 Å². The summed E-state index contributed by atoms with van der Waals surface area (Å²) in [7, 11) is 0. The normalized spacial score (nSPS) is 44.1. The molecule has 0 spiro atoms. The molecule has 0 aromatic carbocycles. The molecule has 5 rings (SSSR count). The second-order valence-corrected chi connectivity index (χ2v) is 16.9. The van der Waals surface area contributed by atoms with Crippen molar-refractivity contribution in [3.05, 3.63) is 12.2 Å². The van der Waals surface area contributed by atoms with Gasteiger partial charge < -0.3 is 9.47 Å². The fraction of sp³-hybridized carbons (Fsp3) is 0.882. The van der Waals surface area contributed by atoms with E-state index in [1.165, 1.54) is 0 Å². The molecule has 11 heteroatoms. The molecule has 5 fully saturated rings. The topological polar surface area (TPSA) is 52.6 Å². The molecule has 0 aromatic rings. The molecule has 0 heterocycles. The van der Waals surface area contributed by atoms with E-state index in [1.54, 1.807) is 0 Å². The van der Waals surface area contributed by atoms with Crippen LogP contribution in [0.4, 0.5) is 26.3 Å². The third kappa shape index (κ3) is 5.30. The Bertz CT molecular complexity index is 1220. The van der Waals surface area contributed by atoms with Gasteiger partial charge in [-0.05, 0) is 110 Å². The Morgan fingerprint density at radius 2 is 1.42 bits per heavy atom. The summed E-state index contributed by atoms with van der Waals surface area (Å²) < 4.78 is 89.0. The SMILES string of the molecule is C=C(CBr)[C@@H]1CC[C@]2(COC(=O)C(F)(F)F)CC[C@]3(C)C(CCC4[C@@]5(C)CC[C@H](OC(=O)C(F)(F)F)C(C)(C)C5CC[C@]43C)C12. The number of ether oxygens (including phenoxy) is 2. The molecular formula is C34H47BrF6O4. The highest BCUT2D eigenvalue weighted by Crippen LogP contribution is 2.77. The van der Waals surface area contributed by atoms with Gasteiger partial charge in [-0.15, -0.1) is 0 Å². The predicted octanol–water partition coefficient (Wildman–Crippen LogP) is 9.60. The van der Waals surface area contributed by atoms with Gasteiger partial charge in [-0.2, -0.15) is 26.3 Å². The average Bonchev–Trinajstić information content (AvgIpc) is 3.32. The van der Waals surface area contributed by atoms with Crippen molar-refractivity contribution >= 4 is 27.9 Å². The molecule has 0 N–H and O–H groups in total. The Balaban J connectivity index is 1.45. The molecule has 256 valence electrons. The second kappa shape index (κ2) is 11.1. The fourth-order valence-corrected chi connectivity index (χ4v) is 12.6. The van der Waals surface area contributed by atoms with Crippen molar-refractivity contribution in [3.63, 3.8) is 0 Å². The Labute approximate surface area is 270 Å². The lowest BCUT2D eigenvalue weighted by Gasteiger charge is -2.73. The van der Waals surface area contributed by atoms with E-state index in [-0.39, 0.29) is 46.5 Å². The monoisotopic (exact) mass is 712 g/mol. The zero-order valence-corrected chi connectivity index (χ0v) is 28.5. The predicted molar refractivity (Wildman–Crippen MR) is 160 cm³/mol. The van der Waals surface area contributed by atoms with E-state index in [1.807, 2.05) is 13.8 Å². The minimum Gasteiger partial charge on any atom is -0.458 e. The average molecular weight is 714 g/mol. The number of hydrogen-bond donors (Lipinski definition) is 0. The van der Waals surface area contributed by atoms with Crippen molar-refractivity contribution in [1.82, 2.24) is 0 Å². The molecule has 5 aliphatic carbocycles. The first-order valence-corrected chi connectivity index (χ1v) is 17.5. The van der Waals surface area contributed by atoms with Gasteiger partial charge in [-0.3, -0.25) is 0 Å². The molecule has 0 saturated heterocycles. The molecule has 5 aliphatic rings. The molecule has 0 amide bonds. The van der Waals surface area contributed by atoms with E-state index in [0.29, 0.717) is 36.9 Å². The van der Waals surface area contributed by atoms with E-state index in [9.17, 15) is 35.9 Å². The van der Waals surface area contributed by atoms with Crippen molar-refractivity contribution in [2.45, 2.75) is 117 Å². The van der Waals surface area contributed by atoms with Gasteiger partial charge >= 0.3 is 24.3 Å². The molecule has 4 nitrogen and oxygen atoms in total. The van der Waals surface area contributed by atoms with Crippen molar-refractivity contribution in [2.24, 2.45) is 56.7 Å². The zero-order valence-electron chi connectivity index (χ0n) is 26.9. The molecule has 10 atom stereocenters. The smallest absolute Gasteiger partial charge is 0.458 e. The van der Waals surface area contributed by atoms with Crippen LogP contribution in [0.5, 0.6) is 0 Å². The van der Waals surface area contributed by atoms with Crippen LogP contribution in [0.25, 0.3) is 0 Å². The van der Waals surface area contributed by atoms with Crippen LogP contribution in [0.15, 0.2) is 12.2 Å². The Morgan fingerprint density at radius 1 is 0.778 bits per heavy atom. The van der Waals surface area contributed by atoms with Gasteiger partial charge in [0.1, 0.15) is 6.10 Å². The summed E-state index contributed by atoms with van der Waals surface area (Å²) in [6, 6.07) is 0. The molecule has 45 heavy (non-hydrogen) atoms. The number of carbonyl (C=O) groups excluding carboxylic acids is 2. The van der Waals surface area contributed by atoms with E-state index >= 15 is 0 Å². The van der Waals surface area contributed by atoms with Gasteiger partial charge in [-0.25, -0.2) is 9.59 Å². The summed E-state index contributed by atoms with van der Waals surface area (Å²) in [5, 5.41) is 0.602. The minimum absolute atomic E-state index is 0.0413. The van der Waals surface area contributed by atoms with Crippen molar-refractivity contribution in [2.75, 3.05) is 11.9 Å². The maximum Gasteiger partial charge on any atom is 0.490 e. The molecular weight excluding hydrogens is 666 g/mol. The number of hydrogen-bond acceptors (Lipinski definition) is 4. The lowest BCUT2D eigenvalue weighted by Crippen LogP contribution is -2.67. The quantitative estimate of drug-likeness (QED) is 0.123. The van der Waals surface area contributed by atoms with E-state index in [2.05, 4.69) is 43.3 Å². The van der Waals surface area contributed by atoms with Gasteiger partial charge in [0.25, 0.3) is 0 Å². The van der Waals surface area contributed by atoms with Crippen molar-refractivity contribution in [3.8, 4) is 0 Å². The fourth-order valence-electron chi connectivity index (χ4n) is 12.2. The molecule has 0 bridgehead atoms. The number of alkyl halides is 7. The van der Waals surface area contributed by atoms with Gasteiger partial charge in [0, 0.05) is 16.2 Å². The Hall–Kier alpha value is -1.26. The van der Waals surface area contributed by atoms with Crippen LogP contribution in [0.1, 0.15) is 98.8 Å². The first-order chi connectivity index (χ1) is 20.6. The number of allylic oxidation sites excluding steroid dienone is 1. The summed E-state index contributed by atoms with van der Waals surface area (Å²) in [6.45, 7) is 15.1. The second-order valence-electron chi connectivity index (χ2n) is 16.3.